The fourth-order valence-corrected chi connectivity index (χ4v) is 5.73. The van der Waals surface area contributed by atoms with E-state index in [-0.39, 0.29) is 68.2 Å². The molecule has 0 unspecified atom stereocenters. The van der Waals surface area contributed by atoms with Crippen LogP contribution in [-0.2, 0) is 9.53 Å². The molecule has 0 bridgehead atoms. The molecule has 0 aromatic carbocycles. The molecule has 6 rings (SSSR count). The highest BCUT2D eigenvalue weighted by Gasteiger charge is 2.40. The number of hydrogen-bond acceptors (Lipinski definition) is 6. The number of rotatable bonds is 11. The molecule has 2 N–H and O–H groups in total. The SMILES string of the molecule is CC(C)n1nccc1C(=O)N[C@H](c1cn2ncc([C@H](NC(=O)COC3CC3)C3CC3)cc2n1)C1CCC(F)(F)CC1. The summed E-state index contributed by atoms with van der Waals surface area (Å²) in [6.45, 7) is 3.93. The number of imidazole rings is 1. The first kappa shape index (κ1) is 27.7. The number of nitrogens with one attached hydrogen (secondary N) is 2. The molecule has 2 amide bonds. The Morgan fingerprint density at radius 2 is 1.78 bits per heavy atom. The van der Waals surface area contributed by atoms with Gasteiger partial charge in [0.2, 0.25) is 11.8 Å². The van der Waals surface area contributed by atoms with Crippen LogP contribution in [0.25, 0.3) is 5.65 Å². The van der Waals surface area contributed by atoms with Crippen LogP contribution in [0.5, 0.6) is 0 Å². The Morgan fingerprint density at radius 1 is 1.05 bits per heavy atom. The molecule has 220 valence electrons. The van der Waals surface area contributed by atoms with E-state index in [1.165, 1.54) is 0 Å². The highest BCUT2D eigenvalue weighted by molar-refractivity contribution is 5.92. The zero-order valence-corrected chi connectivity index (χ0v) is 23.4. The van der Waals surface area contributed by atoms with Gasteiger partial charge in [0.15, 0.2) is 5.65 Å². The molecule has 2 atom stereocenters. The molecule has 3 aliphatic carbocycles. The maximum Gasteiger partial charge on any atom is 0.270 e. The highest BCUT2D eigenvalue weighted by Crippen LogP contribution is 2.43. The van der Waals surface area contributed by atoms with E-state index in [0.717, 1.165) is 31.2 Å². The second-order valence-corrected chi connectivity index (χ2v) is 12.0. The number of hydrogen-bond donors (Lipinski definition) is 2. The van der Waals surface area contributed by atoms with Gasteiger partial charge < -0.3 is 15.4 Å². The van der Waals surface area contributed by atoms with Gasteiger partial charge in [-0.25, -0.2) is 18.3 Å². The number of aromatic nitrogens is 5. The summed E-state index contributed by atoms with van der Waals surface area (Å²) in [6, 6.07) is 2.79. The molecule has 12 heteroatoms. The predicted octanol–water partition coefficient (Wildman–Crippen LogP) is 4.55. The van der Waals surface area contributed by atoms with Gasteiger partial charge in [0, 0.05) is 25.1 Å². The van der Waals surface area contributed by atoms with E-state index in [9.17, 15) is 18.4 Å². The van der Waals surface area contributed by atoms with E-state index >= 15 is 0 Å². The lowest BCUT2D eigenvalue weighted by Crippen LogP contribution is -2.38. The van der Waals surface area contributed by atoms with E-state index in [1.54, 1.807) is 33.9 Å². The topological polar surface area (TPSA) is 115 Å². The summed E-state index contributed by atoms with van der Waals surface area (Å²) in [4.78, 5) is 30.8. The third-order valence-corrected chi connectivity index (χ3v) is 8.33. The summed E-state index contributed by atoms with van der Waals surface area (Å²) in [5.41, 5.74) is 2.40. The summed E-state index contributed by atoms with van der Waals surface area (Å²) in [5.74, 6) is -3.03. The zero-order chi connectivity index (χ0) is 28.7. The Kier molecular flexibility index (Phi) is 7.52. The lowest BCUT2D eigenvalue weighted by Gasteiger charge is -2.33. The fourth-order valence-electron chi connectivity index (χ4n) is 5.73. The lowest BCUT2D eigenvalue weighted by atomic mass is 9.81. The van der Waals surface area contributed by atoms with Crippen molar-refractivity contribution in [1.82, 2.24) is 35.0 Å². The van der Waals surface area contributed by atoms with E-state index in [2.05, 4.69) is 20.8 Å². The van der Waals surface area contributed by atoms with Crippen LogP contribution >= 0.6 is 0 Å². The van der Waals surface area contributed by atoms with Gasteiger partial charge in [0.25, 0.3) is 5.91 Å². The van der Waals surface area contributed by atoms with Gasteiger partial charge in [-0.1, -0.05) is 0 Å². The number of halogens is 2. The molecule has 0 saturated heterocycles. The number of carbonyl (C=O) groups excluding carboxylic acids is 2. The van der Waals surface area contributed by atoms with Crippen LogP contribution in [0.2, 0.25) is 0 Å². The van der Waals surface area contributed by atoms with Gasteiger partial charge in [0.1, 0.15) is 12.3 Å². The summed E-state index contributed by atoms with van der Waals surface area (Å²) in [6.07, 6.45) is 9.42. The van der Waals surface area contributed by atoms with Crippen molar-refractivity contribution in [2.45, 2.75) is 95.4 Å². The van der Waals surface area contributed by atoms with Crippen molar-refractivity contribution in [3.05, 3.63) is 47.7 Å². The summed E-state index contributed by atoms with van der Waals surface area (Å²) >= 11 is 0. The van der Waals surface area contributed by atoms with Crippen molar-refractivity contribution < 1.29 is 23.1 Å². The van der Waals surface area contributed by atoms with Gasteiger partial charge in [-0.3, -0.25) is 14.3 Å². The summed E-state index contributed by atoms with van der Waals surface area (Å²) in [7, 11) is 0. The largest absolute Gasteiger partial charge is 0.368 e. The van der Waals surface area contributed by atoms with Crippen LogP contribution in [0, 0.1) is 11.8 Å². The average Bonchev–Trinajstić information content (AvgIpc) is 3.86. The van der Waals surface area contributed by atoms with Crippen molar-refractivity contribution in [2.24, 2.45) is 11.8 Å². The predicted molar refractivity (Wildman–Crippen MR) is 145 cm³/mol. The maximum absolute atomic E-state index is 14.0. The number of nitrogens with zero attached hydrogens (tertiary/aromatic N) is 5. The minimum absolute atomic E-state index is 0.0180. The number of carbonyl (C=O) groups is 2. The fraction of sp³-hybridized carbons (Fsp3) is 0.621. The molecule has 10 nitrogen and oxygen atoms in total. The molecule has 0 spiro atoms. The first-order chi connectivity index (χ1) is 19.7. The second-order valence-electron chi connectivity index (χ2n) is 12.0. The number of ether oxygens (including phenoxy) is 1. The number of fused-ring (bicyclic) bond motifs is 1. The summed E-state index contributed by atoms with van der Waals surface area (Å²) < 4.78 is 36.9. The molecule has 3 heterocycles. The maximum atomic E-state index is 14.0. The Balaban J connectivity index is 1.25. The number of alkyl halides is 2. The van der Waals surface area contributed by atoms with Crippen LogP contribution in [0.4, 0.5) is 8.78 Å². The molecule has 3 aliphatic rings. The van der Waals surface area contributed by atoms with Crippen molar-refractivity contribution in [3.8, 4) is 0 Å². The lowest BCUT2D eigenvalue weighted by molar-refractivity contribution is -0.127. The van der Waals surface area contributed by atoms with Gasteiger partial charge >= 0.3 is 0 Å². The minimum Gasteiger partial charge on any atom is -0.368 e. The van der Waals surface area contributed by atoms with Crippen LogP contribution in [0.1, 0.15) is 105 Å². The molecule has 3 aromatic rings. The van der Waals surface area contributed by atoms with Gasteiger partial charge in [-0.05, 0) is 81.9 Å². The smallest absolute Gasteiger partial charge is 0.270 e. The standard InChI is InChI=1S/C29H37F2N7O3/c1-17(2)38-23(9-12-32-38)28(40)36-27(19-7-10-29(30,31)11-8-19)22-15-37-24(34-22)13-20(14-33-37)26(18-3-4-18)35-25(39)16-41-21-5-6-21/h9,12-15,17-19,21,26-27H,3-8,10-11,16H2,1-2H3,(H,35,39)(H,36,40)/t26-,27+/m1/s1. The van der Waals surface area contributed by atoms with Crippen LogP contribution < -0.4 is 10.6 Å². The quantitative estimate of drug-likeness (QED) is 0.350. The van der Waals surface area contributed by atoms with Crippen molar-refractivity contribution in [2.75, 3.05) is 6.61 Å². The summed E-state index contributed by atoms with van der Waals surface area (Å²) in [5, 5.41) is 15.0. The Labute approximate surface area is 237 Å². The Morgan fingerprint density at radius 3 is 2.46 bits per heavy atom. The van der Waals surface area contributed by atoms with E-state index in [1.807, 2.05) is 19.9 Å². The first-order valence-corrected chi connectivity index (χ1v) is 14.7. The van der Waals surface area contributed by atoms with E-state index < -0.39 is 12.0 Å². The van der Waals surface area contributed by atoms with Gasteiger partial charge in [-0.15, -0.1) is 0 Å². The van der Waals surface area contributed by atoms with E-state index in [4.69, 9.17) is 9.72 Å². The normalized spacial score (nSPS) is 20.7. The van der Waals surface area contributed by atoms with Gasteiger partial charge in [0.05, 0.1) is 36.3 Å². The average molecular weight is 570 g/mol. The third kappa shape index (κ3) is 6.42. The van der Waals surface area contributed by atoms with Crippen LogP contribution in [0.3, 0.4) is 0 Å². The molecule has 41 heavy (non-hydrogen) atoms. The van der Waals surface area contributed by atoms with Crippen LogP contribution in [-0.4, -0.2) is 54.8 Å². The van der Waals surface area contributed by atoms with Crippen molar-refractivity contribution >= 4 is 17.5 Å². The Hall–Kier alpha value is -3.41. The minimum atomic E-state index is -2.69. The molecule has 3 saturated carbocycles. The molecule has 3 fully saturated rings. The number of amides is 2. The van der Waals surface area contributed by atoms with E-state index in [0.29, 0.717) is 23.0 Å². The second kappa shape index (κ2) is 11.1. The monoisotopic (exact) mass is 569 g/mol. The molecule has 0 radical (unpaired) electrons. The molecule has 3 aromatic heterocycles. The highest BCUT2D eigenvalue weighted by atomic mass is 19.3. The Bertz CT molecular complexity index is 1400. The van der Waals surface area contributed by atoms with Crippen LogP contribution in [0.15, 0.2) is 30.7 Å². The molecular weight excluding hydrogens is 532 g/mol. The van der Waals surface area contributed by atoms with Crippen molar-refractivity contribution in [3.63, 3.8) is 0 Å². The molecular formula is C29H37F2N7O3. The van der Waals surface area contributed by atoms with Crippen molar-refractivity contribution in [1.29, 1.82) is 0 Å². The third-order valence-electron chi connectivity index (χ3n) is 8.33. The van der Waals surface area contributed by atoms with Gasteiger partial charge in [-0.2, -0.15) is 10.2 Å². The molecule has 0 aliphatic heterocycles. The first-order valence-electron chi connectivity index (χ1n) is 14.7. The zero-order valence-electron chi connectivity index (χ0n) is 23.4.